The van der Waals surface area contributed by atoms with Crippen molar-refractivity contribution >= 4 is 23.8 Å². The van der Waals surface area contributed by atoms with E-state index in [0.29, 0.717) is 17.7 Å². The van der Waals surface area contributed by atoms with Gasteiger partial charge in [0.15, 0.2) is 5.78 Å². The largest absolute Gasteiger partial charge is 0.398 e. The summed E-state index contributed by atoms with van der Waals surface area (Å²) in [7, 11) is 0. The lowest BCUT2D eigenvalue weighted by Crippen LogP contribution is -1.96. The number of aldehydes is 1. The van der Waals surface area contributed by atoms with E-state index in [4.69, 9.17) is 5.73 Å². The number of nitrogen functional groups attached to an aromatic ring is 1. The molecule has 0 aromatic heterocycles. The number of Topliss-reactive ketones (excluding diaryl/α,β-unsaturated/α-hetero) is 1. The fourth-order valence-electron chi connectivity index (χ4n) is 1.20. The highest BCUT2D eigenvalue weighted by molar-refractivity contribution is 5.95. The zero-order chi connectivity index (χ0) is 11.3. The molecular formula is C12H13NO2. The maximum atomic E-state index is 11.0. The summed E-state index contributed by atoms with van der Waals surface area (Å²) in [6.45, 7) is 1.50. The highest BCUT2D eigenvalue weighted by Gasteiger charge is 2.01. The Labute approximate surface area is 88.6 Å². The Morgan fingerprint density at radius 1 is 1.47 bits per heavy atom. The third-order valence-corrected chi connectivity index (χ3v) is 2.02. The van der Waals surface area contributed by atoms with Gasteiger partial charge in [0.1, 0.15) is 6.29 Å². The van der Waals surface area contributed by atoms with Crippen LogP contribution in [-0.2, 0) is 4.79 Å². The van der Waals surface area contributed by atoms with Crippen LogP contribution >= 0.6 is 0 Å². The van der Waals surface area contributed by atoms with Crippen molar-refractivity contribution in [2.24, 2.45) is 0 Å². The van der Waals surface area contributed by atoms with E-state index in [9.17, 15) is 9.59 Å². The van der Waals surface area contributed by atoms with Gasteiger partial charge in [-0.3, -0.25) is 4.79 Å². The number of hydrogen-bond acceptors (Lipinski definition) is 3. The van der Waals surface area contributed by atoms with Gasteiger partial charge in [-0.05, 0) is 18.6 Å². The molecule has 2 N–H and O–H groups in total. The number of nitrogens with two attached hydrogens (primary N) is 1. The van der Waals surface area contributed by atoms with Crippen LogP contribution in [0.1, 0.15) is 29.3 Å². The minimum absolute atomic E-state index is 0.00915. The van der Waals surface area contributed by atoms with Gasteiger partial charge in [-0.15, -0.1) is 0 Å². The third-order valence-electron chi connectivity index (χ3n) is 2.02. The number of carbonyl (C=O) groups is 2. The average molecular weight is 203 g/mol. The molecule has 0 saturated heterocycles. The molecule has 78 valence electrons. The third kappa shape index (κ3) is 3.06. The Kier molecular flexibility index (Phi) is 3.80. The Hall–Kier alpha value is -1.90. The summed E-state index contributed by atoms with van der Waals surface area (Å²) in [6.07, 6.45) is 4.68. The molecule has 0 heterocycles. The van der Waals surface area contributed by atoms with E-state index < -0.39 is 0 Å². The second-order valence-corrected chi connectivity index (χ2v) is 3.20. The number of allylic oxidation sites excluding steroid dienone is 1. The van der Waals surface area contributed by atoms with Crippen LogP contribution in [0.2, 0.25) is 0 Å². The topological polar surface area (TPSA) is 60.2 Å². The Bertz CT molecular complexity index is 408. The Morgan fingerprint density at radius 3 is 2.73 bits per heavy atom. The normalized spacial score (nSPS) is 10.5. The lowest BCUT2D eigenvalue weighted by Gasteiger charge is -2.02. The van der Waals surface area contributed by atoms with Gasteiger partial charge in [-0.2, -0.15) is 0 Å². The van der Waals surface area contributed by atoms with Crippen molar-refractivity contribution in [3.8, 4) is 0 Å². The van der Waals surface area contributed by atoms with Crippen molar-refractivity contribution in [1.29, 1.82) is 0 Å². The predicted molar refractivity (Wildman–Crippen MR) is 60.6 cm³/mol. The molecule has 1 aromatic rings. The molecule has 15 heavy (non-hydrogen) atoms. The van der Waals surface area contributed by atoms with E-state index in [1.807, 2.05) is 0 Å². The number of anilines is 1. The maximum Gasteiger partial charge on any atom is 0.159 e. The first-order chi connectivity index (χ1) is 7.15. The first kappa shape index (κ1) is 11.2. The van der Waals surface area contributed by atoms with E-state index in [0.717, 1.165) is 11.8 Å². The molecule has 0 unspecified atom stereocenters. The van der Waals surface area contributed by atoms with Gasteiger partial charge >= 0.3 is 0 Å². The zero-order valence-electron chi connectivity index (χ0n) is 8.57. The summed E-state index contributed by atoms with van der Waals surface area (Å²) in [6, 6.07) is 5.13. The standard InChI is InChI=1S/C12H13NO2/c1-9(15)11-6-5-10(12(13)8-11)4-2-3-7-14/h2,4-8H,3,13H2,1H3. The monoisotopic (exact) mass is 203 g/mol. The molecule has 0 saturated carbocycles. The highest BCUT2D eigenvalue weighted by Crippen LogP contribution is 2.16. The van der Waals surface area contributed by atoms with Gasteiger partial charge in [0.2, 0.25) is 0 Å². The smallest absolute Gasteiger partial charge is 0.159 e. The fourth-order valence-corrected chi connectivity index (χ4v) is 1.20. The molecule has 0 aliphatic rings. The maximum absolute atomic E-state index is 11.0. The summed E-state index contributed by atoms with van der Waals surface area (Å²) in [4.78, 5) is 21.1. The van der Waals surface area contributed by atoms with Crippen LogP contribution in [0, 0.1) is 0 Å². The van der Waals surface area contributed by atoms with Crippen LogP contribution in [0.25, 0.3) is 6.08 Å². The first-order valence-electron chi connectivity index (χ1n) is 4.66. The molecule has 0 aliphatic carbocycles. The zero-order valence-corrected chi connectivity index (χ0v) is 8.57. The average Bonchev–Trinajstić information content (AvgIpc) is 2.20. The summed E-state index contributed by atoms with van der Waals surface area (Å²) in [5.41, 5.74) is 7.71. The van der Waals surface area contributed by atoms with Crippen molar-refractivity contribution in [3.05, 3.63) is 35.4 Å². The van der Waals surface area contributed by atoms with E-state index >= 15 is 0 Å². The highest BCUT2D eigenvalue weighted by atomic mass is 16.1. The number of rotatable bonds is 4. The lowest BCUT2D eigenvalue weighted by atomic mass is 10.1. The van der Waals surface area contributed by atoms with Crippen molar-refractivity contribution in [2.75, 3.05) is 5.73 Å². The number of carbonyl (C=O) groups excluding carboxylic acids is 2. The molecule has 0 fully saturated rings. The van der Waals surface area contributed by atoms with Crippen LogP contribution in [0.4, 0.5) is 5.69 Å². The second-order valence-electron chi connectivity index (χ2n) is 3.20. The fraction of sp³-hybridized carbons (Fsp3) is 0.167. The van der Waals surface area contributed by atoms with Crippen molar-refractivity contribution < 1.29 is 9.59 Å². The van der Waals surface area contributed by atoms with Crippen LogP contribution in [0.5, 0.6) is 0 Å². The van der Waals surface area contributed by atoms with E-state index in [1.165, 1.54) is 6.92 Å². The molecule has 0 aliphatic heterocycles. The summed E-state index contributed by atoms with van der Waals surface area (Å²) in [5, 5.41) is 0. The molecule has 0 amide bonds. The first-order valence-corrected chi connectivity index (χ1v) is 4.66. The van der Waals surface area contributed by atoms with Crippen LogP contribution in [-0.4, -0.2) is 12.1 Å². The molecule has 0 atom stereocenters. The van der Waals surface area contributed by atoms with Crippen LogP contribution in [0.15, 0.2) is 24.3 Å². The molecule has 0 radical (unpaired) electrons. The lowest BCUT2D eigenvalue weighted by molar-refractivity contribution is -0.107. The number of hydrogen-bond donors (Lipinski definition) is 1. The van der Waals surface area contributed by atoms with E-state index in [1.54, 1.807) is 30.4 Å². The minimum atomic E-state index is -0.00915. The summed E-state index contributed by atoms with van der Waals surface area (Å²) >= 11 is 0. The molecule has 1 rings (SSSR count). The minimum Gasteiger partial charge on any atom is -0.398 e. The second kappa shape index (κ2) is 5.10. The Morgan fingerprint density at radius 2 is 2.20 bits per heavy atom. The summed E-state index contributed by atoms with van der Waals surface area (Å²) in [5.74, 6) is -0.00915. The number of ketones is 1. The quantitative estimate of drug-likeness (QED) is 0.463. The van der Waals surface area contributed by atoms with Gasteiger partial charge in [0.25, 0.3) is 0 Å². The molecule has 1 aromatic carbocycles. The van der Waals surface area contributed by atoms with Crippen molar-refractivity contribution in [2.45, 2.75) is 13.3 Å². The molecule has 3 nitrogen and oxygen atoms in total. The van der Waals surface area contributed by atoms with Gasteiger partial charge in [-0.1, -0.05) is 24.3 Å². The van der Waals surface area contributed by atoms with Gasteiger partial charge in [-0.25, -0.2) is 0 Å². The van der Waals surface area contributed by atoms with E-state index in [2.05, 4.69) is 0 Å². The van der Waals surface area contributed by atoms with Gasteiger partial charge in [0, 0.05) is 17.7 Å². The molecule has 0 bridgehead atoms. The molecular weight excluding hydrogens is 190 g/mol. The molecule has 3 heteroatoms. The Balaban J connectivity index is 2.93. The van der Waals surface area contributed by atoms with Gasteiger partial charge < -0.3 is 10.5 Å². The summed E-state index contributed by atoms with van der Waals surface area (Å²) < 4.78 is 0. The van der Waals surface area contributed by atoms with Crippen LogP contribution < -0.4 is 5.73 Å². The van der Waals surface area contributed by atoms with Crippen LogP contribution in [0.3, 0.4) is 0 Å². The van der Waals surface area contributed by atoms with E-state index in [-0.39, 0.29) is 5.78 Å². The number of benzene rings is 1. The van der Waals surface area contributed by atoms with Crippen molar-refractivity contribution in [1.82, 2.24) is 0 Å². The predicted octanol–water partition coefficient (Wildman–Crippen LogP) is 2.07. The SMILES string of the molecule is CC(=O)c1ccc(C=CCC=O)c(N)c1. The van der Waals surface area contributed by atoms with Crippen molar-refractivity contribution in [3.63, 3.8) is 0 Å². The molecule has 0 spiro atoms. The van der Waals surface area contributed by atoms with Gasteiger partial charge in [0.05, 0.1) is 0 Å².